The lowest BCUT2D eigenvalue weighted by Crippen LogP contribution is -2.23. The Balaban J connectivity index is 2.53. The first-order valence-corrected chi connectivity index (χ1v) is 5.50. The molecule has 17 heavy (non-hydrogen) atoms. The number of rotatable bonds is 3. The van der Waals surface area contributed by atoms with Gasteiger partial charge in [0.1, 0.15) is 11.6 Å². The summed E-state index contributed by atoms with van der Waals surface area (Å²) >= 11 is 0. The van der Waals surface area contributed by atoms with Crippen LogP contribution in [0, 0.1) is 6.92 Å². The molecular weight excluding hydrogens is 214 g/mol. The average molecular weight is 231 g/mol. The molecule has 2 aromatic rings. The quantitative estimate of drug-likeness (QED) is 0.827. The van der Waals surface area contributed by atoms with E-state index in [1.807, 2.05) is 37.8 Å². The Kier molecular flexibility index (Phi) is 3.10. The molecule has 0 amide bonds. The third-order valence-corrected chi connectivity index (χ3v) is 2.93. The Morgan fingerprint density at radius 3 is 2.65 bits per heavy atom. The van der Waals surface area contributed by atoms with Crippen molar-refractivity contribution in [1.29, 1.82) is 0 Å². The Morgan fingerprint density at radius 1 is 1.35 bits per heavy atom. The van der Waals surface area contributed by atoms with Crippen LogP contribution in [0.3, 0.4) is 0 Å². The van der Waals surface area contributed by atoms with E-state index in [2.05, 4.69) is 15.3 Å². The number of nitrogens with zero attached hydrogens (tertiary/aromatic N) is 3. The maximum atomic E-state index is 5.97. The van der Waals surface area contributed by atoms with E-state index in [9.17, 15) is 0 Å². The van der Waals surface area contributed by atoms with E-state index < -0.39 is 0 Å². The molecule has 0 aliphatic carbocycles. The smallest absolute Gasteiger partial charge is 0.130 e. The van der Waals surface area contributed by atoms with Crippen LogP contribution in [0.2, 0.25) is 0 Å². The van der Waals surface area contributed by atoms with Crippen molar-refractivity contribution in [2.75, 3.05) is 12.8 Å². The second-order valence-electron chi connectivity index (χ2n) is 4.04. The lowest BCUT2D eigenvalue weighted by Gasteiger charge is -2.19. The fraction of sp³-hybridized carbons (Fsp3) is 0.333. The molecule has 0 bridgehead atoms. The molecule has 0 aromatic carbocycles. The van der Waals surface area contributed by atoms with E-state index in [1.54, 1.807) is 12.4 Å². The predicted octanol–water partition coefficient (Wildman–Crippen LogP) is 1.01. The third-order valence-electron chi connectivity index (χ3n) is 2.93. The first-order chi connectivity index (χ1) is 8.15. The lowest BCUT2D eigenvalue weighted by molar-refractivity contribution is 0.614. The average Bonchev–Trinajstić information content (AvgIpc) is 2.70. The second-order valence-corrected chi connectivity index (χ2v) is 4.04. The Labute approximate surface area is 101 Å². The highest BCUT2D eigenvalue weighted by Gasteiger charge is 2.20. The van der Waals surface area contributed by atoms with E-state index in [4.69, 9.17) is 5.73 Å². The summed E-state index contributed by atoms with van der Waals surface area (Å²) in [5.74, 6) is 1.47. The van der Waals surface area contributed by atoms with Gasteiger partial charge in [0, 0.05) is 31.2 Å². The topological polar surface area (TPSA) is 68.8 Å². The maximum absolute atomic E-state index is 5.97. The fourth-order valence-electron chi connectivity index (χ4n) is 2.02. The molecule has 5 heteroatoms. The van der Waals surface area contributed by atoms with Crippen molar-refractivity contribution < 1.29 is 0 Å². The van der Waals surface area contributed by atoms with E-state index in [1.165, 1.54) is 0 Å². The molecule has 0 aliphatic heterocycles. The molecule has 5 nitrogen and oxygen atoms in total. The minimum absolute atomic E-state index is 0.0382. The van der Waals surface area contributed by atoms with Gasteiger partial charge in [0.2, 0.25) is 0 Å². The molecule has 3 N–H and O–H groups in total. The van der Waals surface area contributed by atoms with Crippen molar-refractivity contribution in [1.82, 2.24) is 19.9 Å². The maximum Gasteiger partial charge on any atom is 0.130 e. The molecule has 0 saturated heterocycles. The van der Waals surface area contributed by atoms with E-state index in [-0.39, 0.29) is 6.04 Å². The van der Waals surface area contributed by atoms with E-state index >= 15 is 0 Å². The van der Waals surface area contributed by atoms with Gasteiger partial charge in [-0.1, -0.05) is 0 Å². The minimum Gasteiger partial charge on any atom is -0.383 e. The third kappa shape index (κ3) is 2.01. The number of nitrogen functional groups attached to an aromatic ring is 1. The van der Waals surface area contributed by atoms with Gasteiger partial charge in [0.05, 0.1) is 6.04 Å². The molecule has 2 rings (SSSR count). The van der Waals surface area contributed by atoms with Crippen LogP contribution in [0.4, 0.5) is 5.82 Å². The molecule has 0 spiro atoms. The van der Waals surface area contributed by atoms with Gasteiger partial charge in [-0.25, -0.2) is 9.97 Å². The first kappa shape index (κ1) is 11.6. The van der Waals surface area contributed by atoms with Crippen molar-refractivity contribution in [3.8, 4) is 0 Å². The van der Waals surface area contributed by atoms with Crippen LogP contribution >= 0.6 is 0 Å². The Bertz CT molecular complexity index is 497. The van der Waals surface area contributed by atoms with Crippen LogP contribution < -0.4 is 11.1 Å². The van der Waals surface area contributed by atoms with Crippen LogP contribution in [-0.2, 0) is 7.05 Å². The summed E-state index contributed by atoms with van der Waals surface area (Å²) in [7, 11) is 3.86. The number of anilines is 1. The first-order valence-electron chi connectivity index (χ1n) is 5.50. The number of aromatic nitrogens is 3. The van der Waals surface area contributed by atoms with Gasteiger partial charge in [-0.2, -0.15) is 0 Å². The predicted molar refractivity (Wildman–Crippen MR) is 67.5 cm³/mol. The summed E-state index contributed by atoms with van der Waals surface area (Å²) in [4.78, 5) is 8.51. The Morgan fingerprint density at radius 2 is 2.12 bits per heavy atom. The molecule has 0 radical (unpaired) electrons. The van der Waals surface area contributed by atoms with Gasteiger partial charge < -0.3 is 15.6 Å². The number of aryl methyl sites for hydroxylation is 2. The number of nitrogens with two attached hydrogens (primary N) is 1. The molecular formula is C12H17N5. The van der Waals surface area contributed by atoms with Crippen molar-refractivity contribution in [3.63, 3.8) is 0 Å². The van der Waals surface area contributed by atoms with Crippen molar-refractivity contribution in [2.24, 2.45) is 7.05 Å². The zero-order chi connectivity index (χ0) is 12.4. The second kappa shape index (κ2) is 4.55. The monoisotopic (exact) mass is 231 g/mol. The van der Waals surface area contributed by atoms with Crippen molar-refractivity contribution >= 4 is 5.82 Å². The summed E-state index contributed by atoms with van der Waals surface area (Å²) in [5.41, 5.74) is 8.07. The molecule has 1 atom stereocenters. The summed E-state index contributed by atoms with van der Waals surface area (Å²) in [5, 5.41) is 3.24. The molecule has 0 fully saturated rings. The summed E-state index contributed by atoms with van der Waals surface area (Å²) in [6, 6.07) is 1.92. The number of hydrogen-bond donors (Lipinski definition) is 2. The van der Waals surface area contributed by atoms with Gasteiger partial charge in [-0.15, -0.1) is 0 Å². The Hall–Kier alpha value is -1.88. The van der Waals surface area contributed by atoms with Crippen molar-refractivity contribution in [3.05, 3.63) is 41.6 Å². The highest BCUT2D eigenvalue weighted by atomic mass is 15.1. The molecule has 0 aliphatic rings. The highest BCUT2D eigenvalue weighted by Crippen LogP contribution is 2.26. The van der Waals surface area contributed by atoms with E-state index in [0.29, 0.717) is 5.82 Å². The molecule has 90 valence electrons. The zero-order valence-corrected chi connectivity index (χ0v) is 10.3. The lowest BCUT2D eigenvalue weighted by atomic mass is 10.0. The summed E-state index contributed by atoms with van der Waals surface area (Å²) < 4.78 is 1.98. The van der Waals surface area contributed by atoms with Gasteiger partial charge in [-0.05, 0) is 25.6 Å². The molecule has 2 heterocycles. The van der Waals surface area contributed by atoms with Gasteiger partial charge in [-0.3, -0.25) is 0 Å². The number of nitrogens with one attached hydrogen (secondary N) is 1. The fourth-order valence-corrected chi connectivity index (χ4v) is 2.02. The number of imidazole rings is 1. The summed E-state index contributed by atoms with van der Waals surface area (Å²) in [6.45, 7) is 2.03. The number of pyridine rings is 1. The molecule has 1 unspecified atom stereocenters. The van der Waals surface area contributed by atoms with Crippen LogP contribution in [0.5, 0.6) is 0 Å². The minimum atomic E-state index is -0.0382. The van der Waals surface area contributed by atoms with Gasteiger partial charge in [0.25, 0.3) is 0 Å². The zero-order valence-electron chi connectivity index (χ0n) is 10.3. The molecule has 2 aromatic heterocycles. The SMILES string of the molecule is CNC(c1c(C)ccnc1N)c1nccn1C. The van der Waals surface area contributed by atoms with Crippen LogP contribution in [0.25, 0.3) is 0 Å². The largest absolute Gasteiger partial charge is 0.383 e. The van der Waals surface area contributed by atoms with Gasteiger partial charge >= 0.3 is 0 Å². The van der Waals surface area contributed by atoms with Crippen LogP contribution in [-0.4, -0.2) is 21.6 Å². The summed E-state index contributed by atoms with van der Waals surface area (Å²) in [6.07, 6.45) is 5.42. The van der Waals surface area contributed by atoms with Crippen LogP contribution in [0.15, 0.2) is 24.7 Å². The van der Waals surface area contributed by atoms with Crippen LogP contribution in [0.1, 0.15) is 23.0 Å². The normalized spacial score (nSPS) is 12.6. The number of hydrogen-bond acceptors (Lipinski definition) is 4. The van der Waals surface area contributed by atoms with Gasteiger partial charge in [0.15, 0.2) is 0 Å². The molecule has 0 saturated carbocycles. The standard InChI is InChI=1S/C12H17N5/c1-8-4-5-15-11(13)9(8)10(14-2)12-16-6-7-17(12)3/h4-7,10,14H,1-3H3,(H2,13,15). The highest BCUT2D eigenvalue weighted by molar-refractivity contribution is 5.48. The van der Waals surface area contributed by atoms with Crippen molar-refractivity contribution in [2.45, 2.75) is 13.0 Å². The van der Waals surface area contributed by atoms with E-state index in [0.717, 1.165) is 17.0 Å².